The molecule has 0 amide bonds. The molecule has 0 fully saturated rings. The van der Waals surface area contributed by atoms with Gasteiger partial charge in [-0.25, -0.2) is 18.3 Å². The topological polar surface area (TPSA) is 44.1 Å². The second-order valence-electron chi connectivity index (χ2n) is 3.69. The SMILES string of the molecule is COC(=O)c1cn(-c2cc(F)cc(F)c2)nc1C. The van der Waals surface area contributed by atoms with E-state index in [0.717, 1.165) is 18.2 Å². The quantitative estimate of drug-likeness (QED) is 0.770. The lowest BCUT2D eigenvalue weighted by atomic mass is 10.2. The van der Waals surface area contributed by atoms with Crippen molar-refractivity contribution in [3.63, 3.8) is 0 Å². The van der Waals surface area contributed by atoms with Gasteiger partial charge >= 0.3 is 5.97 Å². The molecule has 0 saturated heterocycles. The van der Waals surface area contributed by atoms with Crippen LogP contribution in [0.3, 0.4) is 0 Å². The average molecular weight is 252 g/mol. The van der Waals surface area contributed by atoms with Gasteiger partial charge in [-0.05, 0) is 19.1 Å². The van der Waals surface area contributed by atoms with Gasteiger partial charge in [0.2, 0.25) is 0 Å². The molecule has 1 aromatic carbocycles. The number of carbonyl (C=O) groups excluding carboxylic acids is 1. The number of nitrogens with zero attached hydrogens (tertiary/aromatic N) is 2. The molecule has 1 aromatic heterocycles. The van der Waals surface area contributed by atoms with Gasteiger partial charge in [-0.3, -0.25) is 0 Å². The van der Waals surface area contributed by atoms with Crippen LogP contribution >= 0.6 is 0 Å². The number of ether oxygens (including phenoxy) is 1. The predicted octanol–water partition coefficient (Wildman–Crippen LogP) is 2.25. The summed E-state index contributed by atoms with van der Waals surface area (Å²) in [5, 5.41) is 4.01. The number of halogens is 2. The van der Waals surface area contributed by atoms with E-state index in [4.69, 9.17) is 0 Å². The second-order valence-corrected chi connectivity index (χ2v) is 3.69. The van der Waals surface area contributed by atoms with E-state index in [1.165, 1.54) is 18.0 Å². The summed E-state index contributed by atoms with van der Waals surface area (Å²) in [6.45, 7) is 1.61. The van der Waals surface area contributed by atoms with E-state index in [1.807, 2.05) is 0 Å². The number of carbonyl (C=O) groups is 1. The maximum absolute atomic E-state index is 13.1. The Morgan fingerprint density at radius 3 is 2.44 bits per heavy atom. The molecule has 0 aliphatic carbocycles. The van der Waals surface area contributed by atoms with Crippen LogP contribution in [0.1, 0.15) is 16.1 Å². The maximum atomic E-state index is 13.1. The second kappa shape index (κ2) is 4.56. The highest BCUT2D eigenvalue weighted by Crippen LogP contribution is 2.15. The fourth-order valence-electron chi connectivity index (χ4n) is 1.57. The van der Waals surface area contributed by atoms with E-state index < -0.39 is 17.6 Å². The molecule has 0 spiro atoms. The van der Waals surface area contributed by atoms with Gasteiger partial charge in [0.1, 0.15) is 17.2 Å². The van der Waals surface area contributed by atoms with Gasteiger partial charge in [-0.2, -0.15) is 5.10 Å². The van der Waals surface area contributed by atoms with E-state index in [9.17, 15) is 13.6 Å². The van der Waals surface area contributed by atoms with Crippen LogP contribution < -0.4 is 0 Å². The molecular weight excluding hydrogens is 242 g/mol. The molecule has 2 rings (SSSR count). The van der Waals surface area contributed by atoms with Crippen molar-refractivity contribution in [3.05, 3.63) is 47.3 Å². The van der Waals surface area contributed by atoms with Crippen LogP contribution in [0.15, 0.2) is 24.4 Å². The smallest absolute Gasteiger partial charge is 0.341 e. The molecule has 0 aliphatic rings. The van der Waals surface area contributed by atoms with Crippen molar-refractivity contribution >= 4 is 5.97 Å². The molecule has 0 aliphatic heterocycles. The summed E-state index contributed by atoms with van der Waals surface area (Å²) in [6.07, 6.45) is 1.37. The molecule has 94 valence electrons. The Morgan fingerprint density at radius 2 is 1.89 bits per heavy atom. The number of esters is 1. The zero-order valence-corrected chi connectivity index (χ0v) is 9.78. The van der Waals surface area contributed by atoms with Crippen LogP contribution in [-0.2, 0) is 4.74 Å². The summed E-state index contributed by atoms with van der Waals surface area (Å²) in [4.78, 5) is 11.4. The van der Waals surface area contributed by atoms with Gasteiger partial charge in [0.25, 0.3) is 0 Å². The van der Waals surface area contributed by atoms with Crippen LogP contribution in [-0.4, -0.2) is 22.9 Å². The highest BCUT2D eigenvalue weighted by atomic mass is 19.1. The first-order chi connectivity index (χ1) is 8.51. The van der Waals surface area contributed by atoms with E-state index in [2.05, 4.69) is 9.84 Å². The molecule has 1 heterocycles. The van der Waals surface area contributed by atoms with Crippen molar-refractivity contribution in [2.75, 3.05) is 7.11 Å². The van der Waals surface area contributed by atoms with Gasteiger partial charge in [-0.15, -0.1) is 0 Å². The van der Waals surface area contributed by atoms with E-state index >= 15 is 0 Å². The van der Waals surface area contributed by atoms with Crippen LogP contribution in [0.5, 0.6) is 0 Å². The van der Waals surface area contributed by atoms with Gasteiger partial charge < -0.3 is 4.74 Å². The van der Waals surface area contributed by atoms with Crippen molar-refractivity contribution in [1.29, 1.82) is 0 Å². The summed E-state index contributed by atoms with van der Waals surface area (Å²) >= 11 is 0. The minimum atomic E-state index is -0.710. The molecule has 6 heteroatoms. The predicted molar refractivity (Wildman–Crippen MR) is 59.6 cm³/mol. The summed E-state index contributed by atoms with van der Waals surface area (Å²) in [5.41, 5.74) is 0.874. The van der Waals surface area contributed by atoms with Crippen LogP contribution in [0.25, 0.3) is 5.69 Å². The number of rotatable bonds is 2. The first kappa shape index (κ1) is 12.2. The molecule has 0 atom stereocenters. The third kappa shape index (κ3) is 2.22. The van der Waals surface area contributed by atoms with Gasteiger partial charge in [0.15, 0.2) is 0 Å². The molecule has 0 unspecified atom stereocenters. The van der Waals surface area contributed by atoms with Crippen molar-refractivity contribution in [1.82, 2.24) is 9.78 Å². The molecule has 18 heavy (non-hydrogen) atoms. The molecular formula is C12H10F2N2O2. The Hall–Kier alpha value is -2.24. The van der Waals surface area contributed by atoms with Gasteiger partial charge in [-0.1, -0.05) is 0 Å². The Balaban J connectivity index is 2.48. The van der Waals surface area contributed by atoms with Crippen LogP contribution in [0.4, 0.5) is 8.78 Å². The lowest BCUT2D eigenvalue weighted by molar-refractivity contribution is 0.0600. The number of benzene rings is 1. The lowest BCUT2D eigenvalue weighted by Gasteiger charge is -2.01. The fraction of sp³-hybridized carbons (Fsp3) is 0.167. The van der Waals surface area contributed by atoms with Crippen molar-refractivity contribution in [3.8, 4) is 5.69 Å². The average Bonchev–Trinajstić information content (AvgIpc) is 2.69. The van der Waals surface area contributed by atoms with E-state index in [1.54, 1.807) is 6.92 Å². The minimum Gasteiger partial charge on any atom is -0.465 e. The Labute approximate surface area is 102 Å². The fourth-order valence-corrected chi connectivity index (χ4v) is 1.57. The zero-order valence-electron chi connectivity index (χ0n) is 9.78. The highest BCUT2D eigenvalue weighted by Gasteiger charge is 2.14. The normalized spacial score (nSPS) is 10.4. The third-order valence-corrected chi connectivity index (χ3v) is 2.42. The Kier molecular flexibility index (Phi) is 3.10. The minimum absolute atomic E-state index is 0.200. The van der Waals surface area contributed by atoms with Gasteiger partial charge in [0, 0.05) is 12.3 Å². The van der Waals surface area contributed by atoms with Crippen molar-refractivity contribution in [2.45, 2.75) is 6.92 Å². The number of hydrogen-bond acceptors (Lipinski definition) is 3. The van der Waals surface area contributed by atoms with Crippen LogP contribution in [0.2, 0.25) is 0 Å². The maximum Gasteiger partial charge on any atom is 0.341 e. The number of aryl methyl sites for hydroxylation is 1. The monoisotopic (exact) mass is 252 g/mol. The Bertz CT molecular complexity index is 588. The molecule has 4 nitrogen and oxygen atoms in total. The van der Waals surface area contributed by atoms with Gasteiger partial charge in [0.05, 0.1) is 18.5 Å². The largest absolute Gasteiger partial charge is 0.465 e. The lowest BCUT2D eigenvalue weighted by Crippen LogP contribution is -2.01. The van der Waals surface area contributed by atoms with E-state index in [-0.39, 0.29) is 11.3 Å². The summed E-state index contributed by atoms with van der Waals surface area (Å²) in [7, 11) is 1.25. The molecule has 0 N–H and O–H groups in total. The van der Waals surface area contributed by atoms with Crippen molar-refractivity contribution in [2.24, 2.45) is 0 Å². The standard InChI is InChI=1S/C12H10F2N2O2/c1-7-11(12(17)18-2)6-16(15-7)10-4-8(13)3-9(14)5-10/h3-6H,1-2H3. The van der Waals surface area contributed by atoms with E-state index in [0.29, 0.717) is 5.69 Å². The summed E-state index contributed by atoms with van der Waals surface area (Å²) in [5.74, 6) is -1.97. The molecule has 0 radical (unpaired) electrons. The number of aromatic nitrogens is 2. The zero-order chi connectivity index (χ0) is 13.3. The highest BCUT2D eigenvalue weighted by molar-refractivity contribution is 5.90. The van der Waals surface area contributed by atoms with Crippen LogP contribution in [0, 0.1) is 18.6 Å². The first-order valence-electron chi connectivity index (χ1n) is 5.12. The molecule has 0 bridgehead atoms. The molecule has 2 aromatic rings. The number of hydrogen-bond donors (Lipinski definition) is 0. The summed E-state index contributed by atoms with van der Waals surface area (Å²) in [6, 6.07) is 3.01. The van der Waals surface area contributed by atoms with Crippen molar-refractivity contribution < 1.29 is 18.3 Å². The Morgan fingerprint density at radius 1 is 1.28 bits per heavy atom. The summed E-state index contributed by atoms with van der Waals surface area (Å²) < 4.78 is 31.9. The first-order valence-corrected chi connectivity index (χ1v) is 5.12. The third-order valence-electron chi connectivity index (χ3n) is 2.42. The number of methoxy groups -OCH3 is 1. The molecule has 0 saturated carbocycles.